The molecule has 0 aromatic heterocycles. The fourth-order valence-corrected chi connectivity index (χ4v) is 5.86. The Morgan fingerprint density at radius 2 is 2.04 bits per heavy atom. The van der Waals surface area contributed by atoms with Crippen molar-refractivity contribution in [1.82, 2.24) is 10.2 Å². The molecular formula is C20H26N2O2S. The van der Waals surface area contributed by atoms with Crippen molar-refractivity contribution in [2.75, 3.05) is 5.75 Å². The van der Waals surface area contributed by atoms with Crippen LogP contribution in [-0.4, -0.2) is 33.4 Å². The molecule has 0 bridgehead atoms. The number of hydrogen-bond acceptors (Lipinski definition) is 3. The van der Waals surface area contributed by atoms with E-state index in [0.717, 1.165) is 18.4 Å². The summed E-state index contributed by atoms with van der Waals surface area (Å²) in [7, 11) is 0. The molecule has 2 heterocycles. The van der Waals surface area contributed by atoms with Gasteiger partial charge in [0.15, 0.2) is 0 Å². The SMILES string of the molecule is CC(NC(=O)C1CSC2(C)CCC(=O)N12)c1ccc2c(c1)CCCC2. The van der Waals surface area contributed by atoms with Crippen molar-refractivity contribution in [2.24, 2.45) is 0 Å². The number of carbonyl (C=O) groups excluding carboxylic acids is 2. The first-order chi connectivity index (χ1) is 12.0. The maximum Gasteiger partial charge on any atom is 0.244 e. The number of hydrogen-bond donors (Lipinski definition) is 1. The molecule has 134 valence electrons. The van der Waals surface area contributed by atoms with Gasteiger partial charge in [-0.3, -0.25) is 9.59 Å². The predicted octanol–water partition coefficient (Wildman–Crippen LogP) is 3.20. The number of thioether (sulfide) groups is 1. The molecule has 2 aliphatic heterocycles. The number of fused-ring (bicyclic) bond motifs is 2. The van der Waals surface area contributed by atoms with E-state index in [2.05, 4.69) is 30.4 Å². The normalized spacial score (nSPS) is 29.3. The number of carbonyl (C=O) groups is 2. The number of nitrogens with one attached hydrogen (secondary N) is 1. The van der Waals surface area contributed by atoms with E-state index in [4.69, 9.17) is 0 Å². The van der Waals surface area contributed by atoms with Crippen LogP contribution in [0.4, 0.5) is 0 Å². The van der Waals surface area contributed by atoms with Crippen LogP contribution in [0.25, 0.3) is 0 Å². The number of aryl methyl sites for hydroxylation is 2. The van der Waals surface area contributed by atoms with Crippen LogP contribution < -0.4 is 5.32 Å². The molecule has 4 rings (SSSR count). The second kappa shape index (κ2) is 6.35. The molecule has 25 heavy (non-hydrogen) atoms. The third-order valence-electron chi connectivity index (χ3n) is 5.98. The molecule has 3 unspecified atom stereocenters. The Labute approximate surface area is 153 Å². The molecule has 2 amide bonds. The van der Waals surface area contributed by atoms with Crippen LogP contribution in [0.5, 0.6) is 0 Å². The Balaban J connectivity index is 1.47. The van der Waals surface area contributed by atoms with Crippen molar-refractivity contribution in [1.29, 1.82) is 0 Å². The van der Waals surface area contributed by atoms with Gasteiger partial charge in [-0.05, 0) is 62.6 Å². The molecule has 1 N–H and O–H groups in total. The molecular weight excluding hydrogens is 332 g/mol. The number of nitrogens with zero attached hydrogens (tertiary/aromatic N) is 1. The van der Waals surface area contributed by atoms with Gasteiger partial charge < -0.3 is 10.2 Å². The minimum atomic E-state index is -0.329. The molecule has 0 radical (unpaired) electrons. The first-order valence-electron chi connectivity index (χ1n) is 9.36. The summed E-state index contributed by atoms with van der Waals surface area (Å²) in [4.78, 5) is 26.7. The van der Waals surface area contributed by atoms with Crippen LogP contribution in [0.15, 0.2) is 18.2 Å². The summed E-state index contributed by atoms with van der Waals surface area (Å²) in [5.41, 5.74) is 4.05. The van der Waals surface area contributed by atoms with E-state index in [-0.39, 0.29) is 28.8 Å². The van der Waals surface area contributed by atoms with Gasteiger partial charge in [0.1, 0.15) is 6.04 Å². The summed E-state index contributed by atoms with van der Waals surface area (Å²) in [6.45, 7) is 4.12. The van der Waals surface area contributed by atoms with Gasteiger partial charge in [-0.1, -0.05) is 18.2 Å². The van der Waals surface area contributed by atoms with Crippen LogP contribution in [0, 0.1) is 0 Å². The minimum absolute atomic E-state index is 0.0169. The van der Waals surface area contributed by atoms with E-state index in [1.54, 1.807) is 11.8 Å². The second-order valence-electron chi connectivity index (χ2n) is 7.73. The Morgan fingerprint density at radius 3 is 2.84 bits per heavy atom. The molecule has 1 aromatic rings. The fourth-order valence-electron chi connectivity index (χ4n) is 4.43. The lowest BCUT2D eigenvalue weighted by Gasteiger charge is -2.30. The largest absolute Gasteiger partial charge is 0.348 e. The molecule has 3 aliphatic rings. The molecule has 1 aliphatic carbocycles. The number of rotatable bonds is 3. The summed E-state index contributed by atoms with van der Waals surface area (Å²) in [5, 5.41) is 3.15. The molecule has 4 nitrogen and oxygen atoms in total. The topological polar surface area (TPSA) is 49.4 Å². The summed E-state index contributed by atoms with van der Waals surface area (Å²) in [6.07, 6.45) is 6.26. The van der Waals surface area contributed by atoms with Crippen LogP contribution in [0.2, 0.25) is 0 Å². The standard InChI is InChI=1S/C20H26N2O2S/c1-13(15-8-7-14-5-3-4-6-16(14)11-15)21-19(24)17-12-25-20(2)10-9-18(23)22(17)20/h7-8,11,13,17H,3-6,9-10,12H2,1-2H3,(H,21,24). The predicted molar refractivity (Wildman–Crippen MR) is 100 cm³/mol. The lowest BCUT2D eigenvalue weighted by molar-refractivity contribution is -0.138. The van der Waals surface area contributed by atoms with Crippen LogP contribution in [-0.2, 0) is 22.4 Å². The van der Waals surface area contributed by atoms with E-state index in [1.165, 1.54) is 30.4 Å². The number of benzene rings is 1. The third kappa shape index (κ3) is 2.97. The van der Waals surface area contributed by atoms with Crippen LogP contribution in [0.1, 0.15) is 62.3 Å². The quantitative estimate of drug-likeness (QED) is 0.903. The molecule has 3 atom stereocenters. The van der Waals surface area contributed by atoms with Crippen LogP contribution in [0.3, 0.4) is 0 Å². The highest BCUT2D eigenvalue weighted by molar-refractivity contribution is 8.01. The Morgan fingerprint density at radius 1 is 1.28 bits per heavy atom. The highest BCUT2D eigenvalue weighted by atomic mass is 32.2. The average molecular weight is 359 g/mol. The molecule has 0 saturated carbocycles. The van der Waals surface area contributed by atoms with Crippen molar-refractivity contribution in [3.8, 4) is 0 Å². The first-order valence-corrected chi connectivity index (χ1v) is 10.3. The fraction of sp³-hybridized carbons (Fsp3) is 0.600. The van der Waals surface area contributed by atoms with Gasteiger partial charge >= 0.3 is 0 Å². The maximum absolute atomic E-state index is 12.8. The Hall–Kier alpha value is -1.49. The third-order valence-corrected chi connectivity index (χ3v) is 7.48. The Bertz CT molecular complexity index is 720. The van der Waals surface area contributed by atoms with Crippen molar-refractivity contribution in [3.63, 3.8) is 0 Å². The summed E-state index contributed by atoms with van der Waals surface area (Å²) in [5.74, 6) is 0.802. The van der Waals surface area contributed by atoms with E-state index < -0.39 is 0 Å². The van der Waals surface area contributed by atoms with Crippen molar-refractivity contribution in [2.45, 2.75) is 69.3 Å². The first kappa shape index (κ1) is 17.0. The molecule has 2 fully saturated rings. The second-order valence-corrected chi connectivity index (χ2v) is 9.23. The zero-order valence-electron chi connectivity index (χ0n) is 15.0. The van der Waals surface area contributed by atoms with Gasteiger partial charge in [-0.2, -0.15) is 0 Å². The highest BCUT2D eigenvalue weighted by Gasteiger charge is 2.52. The lowest BCUT2D eigenvalue weighted by atomic mass is 9.89. The van der Waals surface area contributed by atoms with Gasteiger partial charge in [-0.15, -0.1) is 11.8 Å². The van der Waals surface area contributed by atoms with Crippen molar-refractivity contribution < 1.29 is 9.59 Å². The zero-order valence-corrected chi connectivity index (χ0v) is 15.8. The van der Waals surface area contributed by atoms with E-state index >= 15 is 0 Å². The highest BCUT2D eigenvalue weighted by Crippen LogP contribution is 2.47. The molecule has 1 aromatic carbocycles. The monoisotopic (exact) mass is 358 g/mol. The van der Waals surface area contributed by atoms with E-state index in [9.17, 15) is 9.59 Å². The average Bonchev–Trinajstić information content (AvgIpc) is 3.10. The van der Waals surface area contributed by atoms with E-state index in [1.807, 2.05) is 11.8 Å². The summed E-state index contributed by atoms with van der Waals surface area (Å²) in [6, 6.07) is 6.26. The van der Waals surface area contributed by atoms with Crippen LogP contribution >= 0.6 is 11.8 Å². The smallest absolute Gasteiger partial charge is 0.244 e. The summed E-state index contributed by atoms with van der Waals surface area (Å²) >= 11 is 1.74. The van der Waals surface area contributed by atoms with Gasteiger partial charge in [0.05, 0.1) is 10.9 Å². The zero-order chi connectivity index (χ0) is 17.6. The summed E-state index contributed by atoms with van der Waals surface area (Å²) < 4.78 is 0. The molecule has 5 heteroatoms. The van der Waals surface area contributed by atoms with Gasteiger partial charge in [-0.25, -0.2) is 0 Å². The lowest BCUT2D eigenvalue weighted by Crippen LogP contribution is -2.50. The molecule has 0 spiro atoms. The van der Waals surface area contributed by atoms with Crippen molar-refractivity contribution in [3.05, 3.63) is 34.9 Å². The Kier molecular flexibility index (Phi) is 4.30. The minimum Gasteiger partial charge on any atom is -0.348 e. The van der Waals surface area contributed by atoms with Crippen molar-refractivity contribution >= 4 is 23.6 Å². The van der Waals surface area contributed by atoms with Gasteiger partial charge in [0.25, 0.3) is 0 Å². The van der Waals surface area contributed by atoms with E-state index in [0.29, 0.717) is 12.2 Å². The van der Waals surface area contributed by atoms with Gasteiger partial charge in [0.2, 0.25) is 11.8 Å². The van der Waals surface area contributed by atoms with Gasteiger partial charge in [0, 0.05) is 12.2 Å². The maximum atomic E-state index is 12.8. The molecule has 2 saturated heterocycles. The number of amides is 2.